The Bertz CT molecular complexity index is 1360. The number of alkyl halides is 3. The number of fused-ring (bicyclic) bond motifs is 1. The smallest absolute Gasteiger partial charge is 0.427 e. The summed E-state index contributed by atoms with van der Waals surface area (Å²) in [6.07, 6.45) is -5.09. The van der Waals surface area contributed by atoms with Crippen molar-refractivity contribution in [3.63, 3.8) is 0 Å². The fraction of sp³-hybridized carbons (Fsp3) is 0.458. The minimum atomic E-state index is -5.35. The van der Waals surface area contributed by atoms with Gasteiger partial charge in [-0.25, -0.2) is 9.18 Å². The number of hydrogen-bond acceptors (Lipinski definition) is 8. The summed E-state index contributed by atoms with van der Waals surface area (Å²) in [5.74, 6) is -4.23. The Hall–Kier alpha value is -4.24. The zero-order valence-electron chi connectivity index (χ0n) is 21.4. The number of halogens is 4. The van der Waals surface area contributed by atoms with Crippen LogP contribution in [0.15, 0.2) is 11.0 Å². The van der Waals surface area contributed by atoms with Crippen molar-refractivity contribution in [3.05, 3.63) is 17.4 Å². The fourth-order valence-electron chi connectivity index (χ4n) is 3.72. The summed E-state index contributed by atoms with van der Waals surface area (Å²) in [5, 5.41) is 35.9. The number of carbonyl (C=O) groups is 5. The van der Waals surface area contributed by atoms with E-state index in [4.69, 9.17) is 15.9 Å². The van der Waals surface area contributed by atoms with Gasteiger partial charge in [0, 0.05) is 23.0 Å². The maximum absolute atomic E-state index is 15.2. The molecule has 4 amide bonds. The number of carbonyl (C=O) groups excluding carboxylic acids is 3. The number of nitrogens with one attached hydrogen (secondary N) is 4. The molecule has 0 bridgehead atoms. The number of amides is 4. The van der Waals surface area contributed by atoms with E-state index < -0.39 is 95.1 Å². The number of phenolic OH excluding ortho intramolecular Hbond substituents is 1. The first kappa shape index (κ1) is 32.3. The predicted octanol–water partition coefficient (Wildman–Crippen LogP) is 0.807. The molecule has 18 heteroatoms. The van der Waals surface area contributed by atoms with E-state index in [1.807, 2.05) is 11.2 Å². The Labute approximate surface area is 239 Å². The Balaban J connectivity index is 1.96. The average molecular weight is 620 g/mol. The molecule has 1 heterocycles. The number of carboxylic acid groups (broad SMARTS) is 2. The van der Waals surface area contributed by atoms with Crippen molar-refractivity contribution in [2.45, 2.75) is 54.4 Å². The molecule has 1 aliphatic carbocycles. The van der Waals surface area contributed by atoms with Gasteiger partial charge in [-0.15, -0.1) is 11.8 Å². The second kappa shape index (κ2) is 12.7. The second-order valence-corrected chi connectivity index (χ2v) is 10.4. The van der Waals surface area contributed by atoms with Crippen LogP contribution in [0.25, 0.3) is 0 Å². The molecule has 1 aliphatic heterocycles. The number of thioether (sulfide) groups is 1. The van der Waals surface area contributed by atoms with E-state index in [0.717, 1.165) is 0 Å². The van der Waals surface area contributed by atoms with E-state index >= 15 is 4.39 Å². The molecule has 3 rings (SSSR count). The lowest BCUT2D eigenvalue weighted by molar-refractivity contribution is -0.179. The average Bonchev–Trinajstić information content (AvgIpc) is 3.73. The zero-order valence-corrected chi connectivity index (χ0v) is 22.2. The SMILES string of the molecule is N[C@@H](CCC(=O)N[C@@H](CSc1cc(O)c(F)c2c1NC(=O)N[C@]2(C#CC1CC1)C(F)(F)F)C(=O)NCC(=O)O)C(=O)O. The highest BCUT2D eigenvalue weighted by Gasteiger charge is 2.61. The number of aromatic hydroxyl groups is 1. The van der Waals surface area contributed by atoms with E-state index in [0.29, 0.717) is 30.7 Å². The van der Waals surface area contributed by atoms with Gasteiger partial charge in [0.2, 0.25) is 17.4 Å². The van der Waals surface area contributed by atoms with Crippen LogP contribution in [0.4, 0.5) is 28.0 Å². The van der Waals surface area contributed by atoms with Gasteiger partial charge < -0.3 is 42.3 Å². The van der Waals surface area contributed by atoms with Gasteiger partial charge >= 0.3 is 24.1 Å². The summed E-state index contributed by atoms with van der Waals surface area (Å²) in [6.45, 7) is -0.859. The molecule has 3 atom stereocenters. The Kier molecular flexibility index (Phi) is 9.79. The molecule has 0 unspecified atom stereocenters. The summed E-state index contributed by atoms with van der Waals surface area (Å²) in [5.41, 5.74) is -0.0661. The molecule has 2 aliphatic rings. The minimum Gasteiger partial charge on any atom is -0.505 e. The molecule has 0 saturated heterocycles. The number of benzene rings is 1. The third kappa shape index (κ3) is 7.53. The van der Waals surface area contributed by atoms with Gasteiger partial charge in [-0.3, -0.25) is 19.2 Å². The zero-order chi connectivity index (χ0) is 31.4. The first-order valence-electron chi connectivity index (χ1n) is 12.2. The molecular weight excluding hydrogens is 594 g/mol. The molecule has 9 N–H and O–H groups in total. The Morgan fingerprint density at radius 2 is 1.90 bits per heavy atom. The van der Waals surface area contributed by atoms with Crippen LogP contribution in [-0.4, -0.2) is 75.7 Å². The Morgan fingerprint density at radius 3 is 2.48 bits per heavy atom. The van der Waals surface area contributed by atoms with Crippen LogP contribution in [0.1, 0.15) is 31.2 Å². The van der Waals surface area contributed by atoms with E-state index in [2.05, 4.69) is 16.6 Å². The number of urea groups is 1. The molecule has 0 spiro atoms. The third-order valence-electron chi connectivity index (χ3n) is 6.06. The summed E-state index contributed by atoms with van der Waals surface area (Å²) in [6, 6.07) is -3.62. The van der Waals surface area contributed by atoms with Crippen LogP contribution in [0.5, 0.6) is 5.75 Å². The van der Waals surface area contributed by atoms with Gasteiger partial charge in [0.25, 0.3) is 0 Å². The molecule has 0 radical (unpaired) electrons. The van der Waals surface area contributed by atoms with Gasteiger partial charge in [-0.1, -0.05) is 11.8 Å². The maximum atomic E-state index is 15.2. The topological polar surface area (TPSA) is 220 Å². The number of rotatable bonds is 11. The number of nitrogens with two attached hydrogens (primary N) is 1. The van der Waals surface area contributed by atoms with Crippen LogP contribution in [0, 0.1) is 23.6 Å². The standard InChI is InChI=1S/C24H25F4N5O8S/c25-18-13(34)7-14(19-17(18)23(24(26,27)28,33-22(41)32-19)6-5-10-1-2-10)42-9-12(20(38)30-8-16(36)37)31-15(35)4-3-11(29)21(39)40/h7,10-12,34H,1-4,8-9,29H2,(H,30,38)(H,31,35)(H,36,37)(H,39,40)(H2,32,33,41)/t11-,12-,23-/m0/s1. The van der Waals surface area contributed by atoms with Crippen molar-refractivity contribution in [2.75, 3.05) is 17.6 Å². The van der Waals surface area contributed by atoms with Crippen molar-refractivity contribution in [1.82, 2.24) is 16.0 Å². The molecule has 13 nitrogen and oxygen atoms in total. The van der Waals surface area contributed by atoms with Gasteiger partial charge in [-0.05, 0) is 25.3 Å². The Morgan fingerprint density at radius 1 is 1.24 bits per heavy atom. The molecule has 1 saturated carbocycles. The lowest BCUT2D eigenvalue weighted by Gasteiger charge is -2.38. The molecule has 1 fully saturated rings. The van der Waals surface area contributed by atoms with Crippen LogP contribution < -0.4 is 27.0 Å². The lowest BCUT2D eigenvalue weighted by atomic mass is 9.85. The molecule has 42 heavy (non-hydrogen) atoms. The monoisotopic (exact) mass is 619 g/mol. The number of aliphatic carboxylic acids is 2. The second-order valence-electron chi connectivity index (χ2n) is 9.35. The summed E-state index contributed by atoms with van der Waals surface area (Å²) in [4.78, 5) is 58.8. The van der Waals surface area contributed by atoms with Gasteiger partial charge in [0.05, 0.1) is 11.3 Å². The largest absolute Gasteiger partial charge is 0.505 e. The third-order valence-corrected chi connectivity index (χ3v) is 7.19. The highest BCUT2D eigenvalue weighted by Crippen LogP contribution is 2.50. The highest BCUT2D eigenvalue weighted by atomic mass is 32.2. The lowest BCUT2D eigenvalue weighted by Crippen LogP contribution is -2.60. The van der Waals surface area contributed by atoms with Gasteiger partial charge in [0.1, 0.15) is 18.6 Å². The molecule has 1 aromatic rings. The number of phenols is 1. The van der Waals surface area contributed by atoms with E-state index in [-0.39, 0.29) is 17.2 Å². The van der Waals surface area contributed by atoms with Crippen LogP contribution in [0.3, 0.4) is 0 Å². The van der Waals surface area contributed by atoms with Crippen molar-refractivity contribution in [1.29, 1.82) is 0 Å². The number of hydrogen-bond donors (Lipinski definition) is 8. The minimum absolute atomic E-state index is 0.322. The van der Waals surface area contributed by atoms with Crippen LogP contribution in [-0.2, 0) is 24.7 Å². The highest BCUT2D eigenvalue weighted by molar-refractivity contribution is 7.99. The van der Waals surface area contributed by atoms with Crippen LogP contribution in [0.2, 0.25) is 0 Å². The summed E-state index contributed by atoms with van der Waals surface area (Å²) >= 11 is 0.524. The van der Waals surface area contributed by atoms with E-state index in [1.165, 1.54) is 0 Å². The van der Waals surface area contributed by atoms with E-state index in [9.17, 15) is 42.3 Å². The molecule has 0 aromatic heterocycles. The van der Waals surface area contributed by atoms with Crippen molar-refractivity contribution in [3.8, 4) is 17.6 Å². The predicted molar refractivity (Wildman–Crippen MR) is 137 cm³/mol. The molecular formula is C24H25F4N5O8S. The number of anilines is 1. The van der Waals surface area contributed by atoms with Gasteiger partial charge in [-0.2, -0.15) is 13.2 Å². The summed E-state index contributed by atoms with van der Waals surface area (Å²) in [7, 11) is 0. The van der Waals surface area contributed by atoms with E-state index in [1.54, 1.807) is 5.32 Å². The summed E-state index contributed by atoms with van der Waals surface area (Å²) < 4.78 is 58.6. The van der Waals surface area contributed by atoms with Crippen molar-refractivity contribution < 1.29 is 56.9 Å². The van der Waals surface area contributed by atoms with Gasteiger partial charge in [0.15, 0.2) is 11.6 Å². The first-order chi connectivity index (χ1) is 19.6. The molecule has 1 aromatic carbocycles. The van der Waals surface area contributed by atoms with Crippen molar-refractivity contribution >= 4 is 47.2 Å². The van der Waals surface area contributed by atoms with Crippen LogP contribution >= 0.6 is 11.8 Å². The number of carboxylic acids is 2. The quantitative estimate of drug-likeness (QED) is 0.0754. The molecule has 228 valence electrons. The normalized spacial score (nSPS) is 19.1. The first-order valence-corrected chi connectivity index (χ1v) is 13.2. The van der Waals surface area contributed by atoms with Crippen molar-refractivity contribution in [2.24, 2.45) is 11.7 Å². The maximum Gasteiger partial charge on any atom is 0.427 e. The fourth-order valence-corrected chi connectivity index (χ4v) is 4.80.